The molecule has 11 heavy (non-hydrogen) atoms. The van der Waals surface area contributed by atoms with Crippen LogP contribution >= 0.6 is 0 Å². The Morgan fingerprint density at radius 1 is 1.09 bits per heavy atom. The summed E-state index contributed by atoms with van der Waals surface area (Å²) < 4.78 is 10.9. The van der Waals surface area contributed by atoms with Crippen LogP contribution in [0, 0.1) is 0 Å². The van der Waals surface area contributed by atoms with Gasteiger partial charge >= 0.3 is 0 Å². The van der Waals surface area contributed by atoms with Crippen LogP contribution < -0.4 is 0 Å². The molecule has 0 aliphatic carbocycles. The average molecular weight is 157 g/mol. The molecule has 2 aliphatic rings. The normalized spacial score (nSPS) is 34.4. The zero-order valence-corrected chi connectivity index (χ0v) is 6.79. The number of ether oxygens (including phenoxy) is 2. The number of hydrogen-bond donors (Lipinski definition) is 0. The Labute approximate surface area is 67.3 Å². The second kappa shape index (κ2) is 3.52. The minimum absolute atomic E-state index is 0.256. The first-order valence-corrected chi connectivity index (χ1v) is 4.40. The summed E-state index contributed by atoms with van der Waals surface area (Å²) >= 11 is 0. The summed E-state index contributed by atoms with van der Waals surface area (Å²) in [7, 11) is 0. The molecule has 2 saturated heterocycles. The number of rotatable bonds is 1. The van der Waals surface area contributed by atoms with Crippen molar-refractivity contribution in [2.45, 2.75) is 19.1 Å². The van der Waals surface area contributed by atoms with E-state index >= 15 is 0 Å². The van der Waals surface area contributed by atoms with Gasteiger partial charge in [-0.1, -0.05) is 0 Å². The number of nitrogens with zero attached hydrogens (tertiary/aromatic N) is 1. The molecule has 0 amide bonds. The fourth-order valence-corrected chi connectivity index (χ4v) is 1.72. The second-order valence-corrected chi connectivity index (χ2v) is 3.14. The maximum atomic E-state index is 5.56. The largest absolute Gasteiger partial charge is 0.375 e. The fraction of sp³-hybridized carbons (Fsp3) is 1.00. The van der Waals surface area contributed by atoms with Crippen molar-refractivity contribution in [1.82, 2.24) is 4.90 Å². The third-order valence-corrected chi connectivity index (χ3v) is 2.35. The van der Waals surface area contributed by atoms with Crippen molar-refractivity contribution in [2.75, 3.05) is 32.9 Å². The highest BCUT2D eigenvalue weighted by Crippen LogP contribution is 2.14. The van der Waals surface area contributed by atoms with Gasteiger partial charge in [-0.2, -0.15) is 0 Å². The summed E-state index contributed by atoms with van der Waals surface area (Å²) in [6, 6.07) is 0. The summed E-state index contributed by atoms with van der Waals surface area (Å²) in [6.07, 6.45) is 2.89. The van der Waals surface area contributed by atoms with E-state index in [0.29, 0.717) is 0 Å². The summed E-state index contributed by atoms with van der Waals surface area (Å²) in [5.74, 6) is 0. The van der Waals surface area contributed by atoms with Crippen molar-refractivity contribution in [3.8, 4) is 0 Å². The van der Waals surface area contributed by atoms with Gasteiger partial charge in [-0.3, -0.25) is 4.90 Å². The molecule has 0 aromatic rings. The Hall–Kier alpha value is -0.120. The number of likely N-dealkylation sites (tertiary alicyclic amines) is 1. The summed E-state index contributed by atoms with van der Waals surface area (Å²) in [5.41, 5.74) is 0. The highest BCUT2D eigenvalue weighted by atomic mass is 16.6. The van der Waals surface area contributed by atoms with E-state index in [1.165, 1.54) is 25.9 Å². The van der Waals surface area contributed by atoms with E-state index < -0.39 is 0 Å². The Bertz CT molecular complexity index is 117. The summed E-state index contributed by atoms with van der Waals surface area (Å²) in [4.78, 5) is 2.37. The molecule has 0 saturated carbocycles. The van der Waals surface area contributed by atoms with Crippen LogP contribution in [0.15, 0.2) is 0 Å². The molecule has 0 radical (unpaired) electrons. The van der Waals surface area contributed by atoms with Crippen LogP contribution in [0.3, 0.4) is 0 Å². The standard InChI is InChI=1S/C8H15NO2/c1-2-4-9(3-1)8-7-10-5-6-11-8/h8H,1-7H2. The van der Waals surface area contributed by atoms with Gasteiger partial charge in [-0.25, -0.2) is 0 Å². The molecule has 2 rings (SSSR count). The van der Waals surface area contributed by atoms with Crippen molar-refractivity contribution in [2.24, 2.45) is 0 Å². The third-order valence-electron chi connectivity index (χ3n) is 2.35. The van der Waals surface area contributed by atoms with Gasteiger partial charge in [0.25, 0.3) is 0 Å². The molecule has 1 unspecified atom stereocenters. The van der Waals surface area contributed by atoms with Gasteiger partial charge < -0.3 is 9.47 Å². The van der Waals surface area contributed by atoms with Gasteiger partial charge in [0.1, 0.15) is 6.23 Å². The molecule has 0 bridgehead atoms. The van der Waals surface area contributed by atoms with Crippen molar-refractivity contribution in [1.29, 1.82) is 0 Å². The molecule has 2 aliphatic heterocycles. The van der Waals surface area contributed by atoms with Gasteiger partial charge in [-0.15, -0.1) is 0 Å². The summed E-state index contributed by atoms with van der Waals surface area (Å²) in [6.45, 7) is 4.67. The zero-order valence-electron chi connectivity index (χ0n) is 6.79. The molecule has 64 valence electrons. The molecule has 3 nitrogen and oxygen atoms in total. The molecular formula is C8H15NO2. The van der Waals surface area contributed by atoms with Crippen LogP contribution in [0.25, 0.3) is 0 Å². The van der Waals surface area contributed by atoms with E-state index in [2.05, 4.69) is 4.90 Å². The molecular weight excluding hydrogens is 142 g/mol. The van der Waals surface area contributed by atoms with Crippen LogP contribution in [-0.4, -0.2) is 44.0 Å². The monoisotopic (exact) mass is 157 g/mol. The maximum absolute atomic E-state index is 5.56. The quantitative estimate of drug-likeness (QED) is 0.552. The summed E-state index contributed by atoms with van der Waals surface area (Å²) in [5, 5.41) is 0. The average Bonchev–Trinajstić information content (AvgIpc) is 2.58. The van der Waals surface area contributed by atoms with Crippen LogP contribution in [0.2, 0.25) is 0 Å². The van der Waals surface area contributed by atoms with Crippen molar-refractivity contribution in [3.05, 3.63) is 0 Å². The molecule has 0 aromatic heterocycles. The predicted octanol–water partition coefficient (Wildman–Crippen LogP) is 0.455. The van der Waals surface area contributed by atoms with Gasteiger partial charge in [0.05, 0.1) is 19.8 Å². The van der Waals surface area contributed by atoms with E-state index in [1.54, 1.807) is 0 Å². The molecule has 2 heterocycles. The first kappa shape index (κ1) is 7.53. The van der Waals surface area contributed by atoms with E-state index in [-0.39, 0.29) is 6.23 Å². The van der Waals surface area contributed by atoms with Crippen LogP contribution in [0.1, 0.15) is 12.8 Å². The van der Waals surface area contributed by atoms with E-state index in [4.69, 9.17) is 9.47 Å². The Morgan fingerprint density at radius 2 is 1.91 bits per heavy atom. The smallest absolute Gasteiger partial charge is 0.134 e. The van der Waals surface area contributed by atoms with E-state index in [9.17, 15) is 0 Å². The fourth-order valence-electron chi connectivity index (χ4n) is 1.72. The SMILES string of the molecule is C1CCN(C2COCCO2)C1. The highest BCUT2D eigenvalue weighted by molar-refractivity contribution is 4.71. The lowest BCUT2D eigenvalue weighted by Crippen LogP contribution is -2.42. The molecule has 0 spiro atoms. The molecule has 2 fully saturated rings. The first-order chi connectivity index (χ1) is 5.47. The topological polar surface area (TPSA) is 21.7 Å². The van der Waals surface area contributed by atoms with Gasteiger partial charge in [0.2, 0.25) is 0 Å². The molecule has 0 N–H and O–H groups in total. The van der Waals surface area contributed by atoms with Crippen LogP contribution in [0.4, 0.5) is 0 Å². The third kappa shape index (κ3) is 1.72. The Kier molecular flexibility index (Phi) is 2.41. The Balaban J connectivity index is 1.82. The highest BCUT2D eigenvalue weighted by Gasteiger charge is 2.24. The molecule has 3 heteroatoms. The lowest BCUT2D eigenvalue weighted by molar-refractivity contribution is -0.148. The molecule has 1 atom stereocenters. The van der Waals surface area contributed by atoms with Crippen molar-refractivity contribution >= 4 is 0 Å². The first-order valence-electron chi connectivity index (χ1n) is 4.40. The number of hydrogen-bond acceptors (Lipinski definition) is 3. The van der Waals surface area contributed by atoms with Crippen molar-refractivity contribution < 1.29 is 9.47 Å². The minimum Gasteiger partial charge on any atom is -0.375 e. The van der Waals surface area contributed by atoms with Crippen molar-refractivity contribution in [3.63, 3.8) is 0 Å². The van der Waals surface area contributed by atoms with E-state index in [1.807, 2.05) is 0 Å². The molecule has 0 aromatic carbocycles. The zero-order chi connectivity index (χ0) is 7.52. The van der Waals surface area contributed by atoms with Gasteiger partial charge in [0, 0.05) is 13.1 Å². The second-order valence-electron chi connectivity index (χ2n) is 3.14. The minimum atomic E-state index is 0.256. The predicted molar refractivity (Wildman–Crippen MR) is 41.4 cm³/mol. The lowest BCUT2D eigenvalue weighted by Gasteiger charge is -2.30. The van der Waals surface area contributed by atoms with E-state index in [0.717, 1.165) is 19.8 Å². The van der Waals surface area contributed by atoms with Gasteiger partial charge in [-0.05, 0) is 12.8 Å². The maximum Gasteiger partial charge on any atom is 0.134 e. The van der Waals surface area contributed by atoms with Gasteiger partial charge in [0.15, 0.2) is 0 Å². The van der Waals surface area contributed by atoms with Crippen LogP contribution in [-0.2, 0) is 9.47 Å². The lowest BCUT2D eigenvalue weighted by atomic mass is 10.4. The van der Waals surface area contributed by atoms with Crippen LogP contribution in [0.5, 0.6) is 0 Å². The Morgan fingerprint density at radius 3 is 2.55 bits per heavy atom.